The average Bonchev–Trinajstić information content (AvgIpc) is 3.45. The third kappa shape index (κ3) is 7.75. The van der Waals surface area contributed by atoms with Crippen molar-refractivity contribution < 1.29 is 9.53 Å². The van der Waals surface area contributed by atoms with E-state index in [9.17, 15) is 4.79 Å². The first-order valence-corrected chi connectivity index (χ1v) is 9.68. The Labute approximate surface area is 162 Å². The fourth-order valence-corrected chi connectivity index (χ4v) is 2.40. The van der Waals surface area contributed by atoms with Gasteiger partial charge in [-0.15, -0.1) is 6.58 Å². The van der Waals surface area contributed by atoms with E-state index in [0.717, 1.165) is 24.8 Å². The van der Waals surface area contributed by atoms with Crippen molar-refractivity contribution in [3.63, 3.8) is 0 Å². The van der Waals surface area contributed by atoms with Crippen LogP contribution in [0.5, 0.6) is 5.88 Å². The number of allylic oxidation sites excluding steroid dienone is 1. The summed E-state index contributed by atoms with van der Waals surface area (Å²) in [7, 11) is 3.58. The third-order valence-corrected chi connectivity index (χ3v) is 4.32. The predicted molar refractivity (Wildman–Crippen MR) is 108 cm³/mol. The fraction of sp³-hybridized carbons (Fsp3) is 0.600. The second-order valence-electron chi connectivity index (χ2n) is 6.41. The van der Waals surface area contributed by atoms with Crippen LogP contribution in [-0.2, 0) is 11.2 Å². The molecular formula is C20H32ClN3O2. The standard InChI is InChI=1S/C15H22ClN3O2.C5H10/c1-4-19(3)15(20)13(17-2)8-10-7-11(16)9-18-14(10)21-12-5-6-12;1-3-5-4-2/h7,9,12-13,17H,4-6,8H2,1-3H3;3H,1,4-5H2,2H3. The molecule has 146 valence electrons. The molecular weight excluding hydrogens is 350 g/mol. The molecule has 0 radical (unpaired) electrons. The molecule has 2 rings (SSSR count). The molecule has 5 nitrogen and oxygen atoms in total. The number of carbonyl (C=O) groups excluding carboxylic acids is 1. The first-order chi connectivity index (χ1) is 12.5. The molecule has 0 aliphatic heterocycles. The molecule has 26 heavy (non-hydrogen) atoms. The maximum Gasteiger partial charge on any atom is 0.239 e. The Morgan fingerprint density at radius 2 is 2.23 bits per heavy atom. The highest BCUT2D eigenvalue weighted by atomic mass is 35.5. The smallest absolute Gasteiger partial charge is 0.239 e. The summed E-state index contributed by atoms with van der Waals surface area (Å²) >= 11 is 6.03. The van der Waals surface area contributed by atoms with Gasteiger partial charge in [-0.25, -0.2) is 4.98 Å². The van der Waals surface area contributed by atoms with Crippen LogP contribution in [0.25, 0.3) is 0 Å². The first-order valence-electron chi connectivity index (χ1n) is 9.30. The summed E-state index contributed by atoms with van der Waals surface area (Å²) in [5.41, 5.74) is 0.867. The van der Waals surface area contributed by atoms with Crippen molar-refractivity contribution in [1.82, 2.24) is 15.2 Å². The van der Waals surface area contributed by atoms with Crippen LogP contribution in [0.4, 0.5) is 0 Å². The largest absolute Gasteiger partial charge is 0.474 e. The molecule has 1 unspecified atom stereocenters. The molecule has 1 aromatic rings. The van der Waals surface area contributed by atoms with E-state index in [1.807, 2.05) is 19.1 Å². The minimum absolute atomic E-state index is 0.0531. The van der Waals surface area contributed by atoms with Gasteiger partial charge in [0, 0.05) is 31.8 Å². The number of halogens is 1. The molecule has 1 aliphatic carbocycles. The SMILES string of the molecule is C=CCCC.CCN(C)C(=O)C(Cc1cc(Cl)cnc1OC1CC1)NC. The van der Waals surface area contributed by atoms with Crippen molar-refractivity contribution in [2.45, 2.75) is 58.1 Å². The average molecular weight is 382 g/mol. The number of aromatic nitrogens is 1. The summed E-state index contributed by atoms with van der Waals surface area (Å²) in [6.07, 6.45) is 8.79. The normalized spacial score (nSPS) is 14.0. The third-order valence-electron chi connectivity index (χ3n) is 4.11. The zero-order valence-corrected chi connectivity index (χ0v) is 17.2. The van der Waals surface area contributed by atoms with Crippen LogP contribution in [0.3, 0.4) is 0 Å². The molecule has 1 saturated carbocycles. The monoisotopic (exact) mass is 381 g/mol. The summed E-state index contributed by atoms with van der Waals surface area (Å²) in [5, 5.41) is 3.62. The minimum Gasteiger partial charge on any atom is -0.474 e. The summed E-state index contributed by atoms with van der Waals surface area (Å²) in [5.74, 6) is 0.645. The molecule has 1 heterocycles. The van der Waals surface area contributed by atoms with E-state index in [4.69, 9.17) is 16.3 Å². The number of nitrogens with zero attached hydrogens (tertiary/aromatic N) is 2. The Hall–Kier alpha value is -1.59. The van der Waals surface area contributed by atoms with Gasteiger partial charge in [0.25, 0.3) is 0 Å². The molecule has 0 spiro atoms. The van der Waals surface area contributed by atoms with E-state index >= 15 is 0 Å². The van der Waals surface area contributed by atoms with E-state index in [1.165, 1.54) is 6.42 Å². The Morgan fingerprint density at radius 1 is 1.54 bits per heavy atom. The molecule has 1 amide bonds. The van der Waals surface area contributed by atoms with Crippen LogP contribution >= 0.6 is 11.6 Å². The minimum atomic E-state index is -0.309. The van der Waals surface area contributed by atoms with Gasteiger partial charge in [0.05, 0.1) is 11.1 Å². The zero-order valence-electron chi connectivity index (χ0n) is 16.4. The van der Waals surface area contributed by atoms with Crippen LogP contribution in [0.15, 0.2) is 24.9 Å². The molecule has 1 fully saturated rings. The summed E-state index contributed by atoms with van der Waals surface area (Å²) in [6, 6.07) is 1.52. The van der Waals surface area contributed by atoms with Crippen LogP contribution in [0.1, 0.15) is 45.1 Å². The number of amides is 1. The number of hydrogen-bond donors (Lipinski definition) is 1. The second-order valence-corrected chi connectivity index (χ2v) is 6.85. The molecule has 6 heteroatoms. The molecule has 0 saturated heterocycles. The lowest BCUT2D eigenvalue weighted by Gasteiger charge is -2.23. The van der Waals surface area contributed by atoms with Gasteiger partial charge in [-0.05, 0) is 39.3 Å². The van der Waals surface area contributed by atoms with Crippen molar-refractivity contribution in [3.05, 3.63) is 35.5 Å². The molecule has 1 atom stereocenters. The lowest BCUT2D eigenvalue weighted by molar-refractivity contribution is -0.131. The van der Waals surface area contributed by atoms with Crippen LogP contribution in [0.2, 0.25) is 5.02 Å². The van der Waals surface area contributed by atoms with E-state index in [-0.39, 0.29) is 18.1 Å². The van der Waals surface area contributed by atoms with Crippen LogP contribution in [0, 0.1) is 0 Å². The number of likely N-dealkylation sites (N-methyl/N-ethyl adjacent to an activating group) is 2. The number of nitrogens with one attached hydrogen (secondary N) is 1. The predicted octanol–water partition coefficient (Wildman–Crippen LogP) is 3.86. The van der Waals surface area contributed by atoms with Gasteiger partial charge in [-0.3, -0.25) is 4.79 Å². The van der Waals surface area contributed by atoms with E-state index in [1.54, 1.807) is 25.2 Å². The van der Waals surface area contributed by atoms with Gasteiger partial charge < -0.3 is 15.0 Å². The van der Waals surface area contributed by atoms with Gasteiger partial charge in [-0.1, -0.05) is 31.0 Å². The van der Waals surface area contributed by atoms with Crippen LogP contribution in [-0.4, -0.2) is 48.6 Å². The summed E-state index contributed by atoms with van der Waals surface area (Å²) < 4.78 is 5.80. The molecule has 1 aliphatic rings. The number of pyridine rings is 1. The number of carbonyl (C=O) groups is 1. The van der Waals surface area contributed by atoms with Crippen molar-refractivity contribution in [1.29, 1.82) is 0 Å². The Kier molecular flexibility index (Phi) is 10.3. The highest BCUT2D eigenvalue weighted by Gasteiger charge is 2.27. The highest BCUT2D eigenvalue weighted by Crippen LogP contribution is 2.29. The fourth-order valence-electron chi connectivity index (χ4n) is 2.22. The number of unbranched alkanes of at least 4 members (excludes halogenated alkanes) is 1. The summed E-state index contributed by atoms with van der Waals surface area (Å²) in [6.45, 7) is 8.32. The topological polar surface area (TPSA) is 54.5 Å². The van der Waals surface area contributed by atoms with Gasteiger partial charge in [0.15, 0.2) is 0 Å². The van der Waals surface area contributed by atoms with Crippen molar-refractivity contribution in [3.8, 4) is 5.88 Å². The number of ether oxygens (including phenoxy) is 1. The maximum atomic E-state index is 12.3. The molecule has 0 bridgehead atoms. The Morgan fingerprint density at radius 3 is 2.69 bits per heavy atom. The quantitative estimate of drug-likeness (QED) is 0.660. The molecule has 1 aromatic heterocycles. The van der Waals surface area contributed by atoms with Crippen molar-refractivity contribution in [2.24, 2.45) is 0 Å². The molecule has 1 N–H and O–H groups in total. The van der Waals surface area contributed by atoms with Crippen LogP contribution < -0.4 is 10.1 Å². The summed E-state index contributed by atoms with van der Waals surface area (Å²) in [4.78, 5) is 18.3. The van der Waals surface area contributed by atoms with E-state index < -0.39 is 0 Å². The maximum absolute atomic E-state index is 12.3. The van der Waals surface area contributed by atoms with Gasteiger partial charge >= 0.3 is 0 Å². The van der Waals surface area contributed by atoms with Gasteiger partial charge in [0.2, 0.25) is 11.8 Å². The number of rotatable bonds is 9. The molecule has 0 aromatic carbocycles. The van der Waals surface area contributed by atoms with E-state index in [0.29, 0.717) is 23.9 Å². The van der Waals surface area contributed by atoms with E-state index in [2.05, 4.69) is 23.8 Å². The lowest BCUT2D eigenvalue weighted by Crippen LogP contribution is -2.44. The van der Waals surface area contributed by atoms with Gasteiger partial charge in [-0.2, -0.15) is 0 Å². The second kappa shape index (κ2) is 11.9. The lowest BCUT2D eigenvalue weighted by atomic mass is 10.1. The highest BCUT2D eigenvalue weighted by molar-refractivity contribution is 6.30. The Balaban J connectivity index is 0.000000597. The van der Waals surface area contributed by atoms with Crippen molar-refractivity contribution >= 4 is 17.5 Å². The Bertz CT molecular complexity index is 576. The van der Waals surface area contributed by atoms with Crippen molar-refractivity contribution in [2.75, 3.05) is 20.6 Å². The number of hydrogen-bond acceptors (Lipinski definition) is 4. The first kappa shape index (κ1) is 22.5. The van der Waals surface area contributed by atoms with Gasteiger partial charge in [0.1, 0.15) is 6.10 Å². The zero-order chi connectivity index (χ0) is 19.5.